The molecule has 1 aromatic rings. The van der Waals surface area contributed by atoms with Gasteiger partial charge in [0, 0.05) is 5.69 Å². The predicted molar refractivity (Wildman–Crippen MR) is 56.4 cm³/mol. The molecule has 1 rings (SSSR count). The smallest absolute Gasteiger partial charge is 0.312 e. The van der Waals surface area contributed by atoms with Gasteiger partial charge in [0.25, 0.3) is 0 Å². The average Bonchev–Trinajstić information content (AvgIpc) is 1.99. The van der Waals surface area contributed by atoms with Crippen LogP contribution in [0.3, 0.4) is 0 Å². The molecule has 0 fully saturated rings. The van der Waals surface area contributed by atoms with Crippen molar-refractivity contribution in [3.05, 3.63) is 17.5 Å². The molecule has 15 heavy (non-hydrogen) atoms. The number of aryl methyl sites for hydroxylation is 1. The quantitative estimate of drug-likeness (QED) is 0.780. The standard InChI is InChI=1S/C10H15N3O2/c1-5(2)8(9(14)15)7-4-6(3)12-10(11)13-7/h4-5,8H,1-3H3,(H,14,15)(H2,11,12,13). The summed E-state index contributed by atoms with van der Waals surface area (Å²) in [5.41, 5.74) is 6.64. The molecule has 0 aliphatic heterocycles. The molecular formula is C10H15N3O2. The van der Waals surface area contributed by atoms with Crippen molar-refractivity contribution in [2.24, 2.45) is 5.92 Å². The Balaban J connectivity index is 3.17. The van der Waals surface area contributed by atoms with Gasteiger partial charge in [0.05, 0.1) is 5.69 Å². The zero-order valence-electron chi connectivity index (χ0n) is 9.06. The lowest BCUT2D eigenvalue weighted by Crippen LogP contribution is -2.19. The van der Waals surface area contributed by atoms with Crippen LogP contribution in [0.15, 0.2) is 6.07 Å². The highest BCUT2D eigenvalue weighted by Gasteiger charge is 2.25. The van der Waals surface area contributed by atoms with Crippen LogP contribution in [0, 0.1) is 12.8 Å². The second-order valence-corrected chi connectivity index (χ2v) is 3.85. The molecule has 3 N–H and O–H groups in total. The molecule has 0 saturated heterocycles. The van der Waals surface area contributed by atoms with Crippen LogP contribution in [0.5, 0.6) is 0 Å². The molecule has 1 heterocycles. The van der Waals surface area contributed by atoms with Crippen molar-refractivity contribution in [2.45, 2.75) is 26.7 Å². The topological polar surface area (TPSA) is 89.1 Å². The summed E-state index contributed by atoms with van der Waals surface area (Å²) in [4.78, 5) is 18.9. The summed E-state index contributed by atoms with van der Waals surface area (Å²) < 4.78 is 0. The van der Waals surface area contributed by atoms with Crippen LogP contribution in [0.4, 0.5) is 5.95 Å². The second-order valence-electron chi connectivity index (χ2n) is 3.85. The molecule has 0 aliphatic rings. The number of carboxylic acids is 1. The van der Waals surface area contributed by atoms with Crippen molar-refractivity contribution in [3.63, 3.8) is 0 Å². The number of nitrogens with two attached hydrogens (primary N) is 1. The van der Waals surface area contributed by atoms with Crippen molar-refractivity contribution in [1.29, 1.82) is 0 Å². The lowest BCUT2D eigenvalue weighted by Gasteiger charge is -2.15. The van der Waals surface area contributed by atoms with Gasteiger partial charge in [-0.05, 0) is 18.9 Å². The van der Waals surface area contributed by atoms with Gasteiger partial charge < -0.3 is 10.8 Å². The summed E-state index contributed by atoms with van der Waals surface area (Å²) in [7, 11) is 0. The van der Waals surface area contributed by atoms with Gasteiger partial charge in [-0.15, -0.1) is 0 Å². The van der Waals surface area contributed by atoms with Gasteiger partial charge in [-0.25, -0.2) is 9.97 Å². The first-order valence-corrected chi connectivity index (χ1v) is 4.75. The number of anilines is 1. The Morgan fingerprint density at radius 1 is 1.47 bits per heavy atom. The summed E-state index contributed by atoms with van der Waals surface area (Å²) in [6.07, 6.45) is 0. The van der Waals surface area contributed by atoms with E-state index in [0.29, 0.717) is 11.4 Å². The fraction of sp³-hybridized carbons (Fsp3) is 0.500. The number of rotatable bonds is 3. The minimum absolute atomic E-state index is 0.0313. The van der Waals surface area contributed by atoms with Crippen LogP contribution >= 0.6 is 0 Å². The van der Waals surface area contributed by atoms with E-state index in [1.54, 1.807) is 13.0 Å². The van der Waals surface area contributed by atoms with Gasteiger partial charge in [0.1, 0.15) is 5.92 Å². The first-order chi connectivity index (χ1) is 6.91. The molecule has 1 atom stereocenters. The molecule has 5 heteroatoms. The van der Waals surface area contributed by atoms with Crippen molar-refractivity contribution in [2.75, 3.05) is 5.73 Å². The first kappa shape index (κ1) is 11.4. The fourth-order valence-corrected chi connectivity index (χ4v) is 1.53. The Kier molecular flexibility index (Phi) is 3.24. The Bertz CT molecular complexity index is 357. The number of hydrogen-bond acceptors (Lipinski definition) is 4. The third-order valence-corrected chi connectivity index (χ3v) is 2.14. The maximum atomic E-state index is 11.1. The van der Waals surface area contributed by atoms with E-state index in [1.807, 2.05) is 13.8 Å². The molecule has 0 bridgehead atoms. The van der Waals surface area contributed by atoms with Gasteiger partial charge in [0.2, 0.25) is 5.95 Å². The van der Waals surface area contributed by atoms with E-state index >= 15 is 0 Å². The molecule has 0 spiro atoms. The van der Waals surface area contributed by atoms with E-state index in [1.165, 1.54) is 0 Å². The Morgan fingerprint density at radius 3 is 2.47 bits per heavy atom. The monoisotopic (exact) mass is 209 g/mol. The van der Waals surface area contributed by atoms with E-state index in [4.69, 9.17) is 10.8 Å². The minimum atomic E-state index is -0.887. The first-order valence-electron chi connectivity index (χ1n) is 4.75. The largest absolute Gasteiger partial charge is 0.481 e. The van der Waals surface area contributed by atoms with Crippen LogP contribution in [-0.4, -0.2) is 21.0 Å². The van der Waals surface area contributed by atoms with Crippen LogP contribution in [-0.2, 0) is 4.79 Å². The zero-order valence-corrected chi connectivity index (χ0v) is 9.06. The Labute approximate surface area is 88.4 Å². The number of carboxylic acid groups (broad SMARTS) is 1. The molecular weight excluding hydrogens is 194 g/mol. The maximum Gasteiger partial charge on any atom is 0.312 e. The minimum Gasteiger partial charge on any atom is -0.481 e. The third-order valence-electron chi connectivity index (χ3n) is 2.14. The van der Waals surface area contributed by atoms with Crippen molar-refractivity contribution >= 4 is 11.9 Å². The summed E-state index contributed by atoms with van der Waals surface area (Å²) in [6.45, 7) is 5.44. The fourth-order valence-electron chi connectivity index (χ4n) is 1.53. The van der Waals surface area contributed by atoms with Gasteiger partial charge in [0.15, 0.2) is 0 Å². The number of nitrogens with zero attached hydrogens (tertiary/aromatic N) is 2. The summed E-state index contributed by atoms with van der Waals surface area (Å²) in [5, 5.41) is 9.08. The normalized spacial score (nSPS) is 12.8. The van der Waals surface area contributed by atoms with Gasteiger partial charge in [-0.3, -0.25) is 4.79 Å². The number of aromatic nitrogens is 2. The van der Waals surface area contributed by atoms with E-state index in [0.717, 1.165) is 0 Å². The molecule has 0 amide bonds. The second kappa shape index (κ2) is 4.25. The molecule has 0 saturated carbocycles. The van der Waals surface area contributed by atoms with Crippen LogP contribution in [0.1, 0.15) is 31.2 Å². The van der Waals surface area contributed by atoms with E-state index in [-0.39, 0.29) is 11.9 Å². The van der Waals surface area contributed by atoms with Gasteiger partial charge in [-0.1, -0.05) is 13.8 Å². The predicted octanol–water partition coefficient (Wildman–Crippen LogP) is 1.19. The molecule has 82 valence electrons. The van der Waals surface area contributed by atoms with Crippen LogP contribution in [0.2, 0.25) is 0 Å². The third kappa shape index (κ3) is 2.65. The lowest BCUT2D eigenvalue weighted by molar-refractivity contribution is -0.140. The number of nitrogen functional groups attached to an aromatic ring is 1. The van der Waals surface area contributed by atoms with Crippen molar-refractivity contribution in [1.82, 2.24) is 9.97 Å². The van der Waals surface area contributed by atoms with Crippen LogP contribution in [0.25, 0.3) is 0 Å². The summed E-state index contributed by atoms with van der Waals surface area (Å²) in [5.74, 6) is -1.43. The SMILES string of the molecule is Cc1cc(C(C(=O)O)C(C)C)nc(N)n1. The van der Waals surface area contributed by atoms with Crippen molar-refractivity contribution < 1.29 is 9.90 Å². The summed E-state index contributed by atoms with van der Waals surface area (Å²) >= 11 is 0. The molecule has 5 nitrogen and oxygen atoms in total. The van der Waals surface area contributed by atoms with E-state index in [2.05, 4.69) is 9.97 Å². The molecule has 0 radical (unpaired) electrons. The highest BCUT2D eigenvalue weighted by molar-refractivity contribution is 5.75. The van der Waals surface area contributed by atoms with Gasteiger partial charge >= 0.3 is 5.97 Å². The molecule has 0 aliphatic carbocycles. The van der Waals surface area contributed by atoms with Gasteiger partial charge in [-0.2, -0.15) is 0 Å². The highest BCUT2D eigenvalue weighted by atomic mass is 16.4. The molecule has 0 aromatic carbocycles. The Hall–Kier alpha value is -1.65. The Morgan fingerprint density at radius 2 is 2.07 bits per heavy atom. The number of hydrogen-bond donors (Lipinski definition) is 2. The molecule has 1 aromatic heterocycles. The molecule has 1 unspecified atom stereocenters. The highest BCUT2D eigenvalue weighted by Crippen LogP contribution is 2.23. The number of carbonyl (C=O) groups is 1. The van der Waals surface area contributed by atoms with E-state index in [9.17, 15) is 4.79 Å². The summed E-state index contributed by atoms with van der Waals surface area (Å²) in [6, 6.07) is 1.66. The zero-order chi connectivity index (χ0) is 11.6. The number of aliphatic carboxylic acids is 1. The van der Waals surface area contributed by atoms with Crippen molar-refractivity contribution in [3.8, 4) is 0 Å². The van der Waals surface area contributed by atoms with Crippen LogP contribution < -0.4 is 5.73 Å². The van der Waals surface area contributed by atoms with E-state index < -0.39 is 11.9 Å². The average molecular weight is 209 g/mol. The maximum absolute atomic E-state index is 11.1. The lowest BCUT2D eigenvalue weighted by atomic mass is 9.92.